The van der Waals surface area contributed by atoms with Gasteiger partial charge in [0, 0.05) is 0 Å². The zero-order valence-corrected chi connectivity index (χ0v) is 11.0. The summed E-state index contributed by atoms with van der Waals surface area (Å²) >= 11 is 0. The first-order chi connectivity index (χ1) is 8.64. The third-order valence-electron chi connectivity index (χ3n) is 2.25. The molecule has 0 bridgehead atoms. The molecule has 0 aromatic carbocycles. The van der Waals surface area contributed by atoms with Crippen molar-refractivity contribution in [2.75, 3.05) is 13.2 Å². The van der Waals surface area contributed by atoms with Crippen LogP contribution in [0, 0.1) is 0 Å². The summed E-state index contributed by atoms with van der Waals surface area (Å²) < 4.78 is 5.55. The molecule has 0 aliphatic heterocycles. The van der Waals surface area contributed by atoms with Crippen molar-refractivity contribution >= 4 is 5.78 Å². The first-order valence-corrected chi connectivity index (χ1v) is 5.68. The molecular formula is C15H20O3. The second kappa shape index (κ2) is 9.19. The molecular weight excluding hydrogens is 228 g/mol. The van der Waals surface area contributed by atoms with Crippen LogP contribution in [0.5, 0.6) is 0 Å². The van der Waals surface area contributed by atoms with Crippen molar-refractivity contribution in [1.82, 2.24) is 0 Å². The SMILES string of the molecule is C=C/C=C(\C=C)COC(=C/C)/C(=C\C)C(=O)CO. The van der Waals surface area contributed by atoms with Gasteiger partial charge < -0.3 is 9.84 Å². The number of hydrogen-bond donors (Lipinski definition) is 1. The van der Waals surface area contributed by atoms with E-state index in [1.165, 1.54) is 0 Å². The lowest BCUT2D eigenvalue weighted by molar-refractivity contribution is -0.118. The summed E-state index contributed by atoms with van der Waals surface area (Å²) in [7, 11) is 0. The number of carbonyl (C=O) groups excluding carboxylic acids is 1. The Bertz CT molecular complexity index is 398. The fourth-order valence-corrected chi connectivity index (χ4v) is 1.33. The lowest BCUT2D eigenvalue weighted by atomic mass is 10.1. The second-order valence-electron chi connectivity index (χ2n) is 3.41. The monoisotopic (exact) mass is 248 g/mol. The lowest BCUT2D eigenvalue weighted by Crippen LogP contribution is -2.12. The molecule has 0 aliphatic carbocycles. The van der Waals surface area contributed by atoms with Crippen LogP contribution >= 0.6 is 0 Å². The summed E-state index contributed by atoms with van der Waals surface area (Å²) in [6.07, 6.45) is 8.41. The highest BCUT2D eigenvalue weighted by Crippen LogP contribution is 2.14. The largest absolute Gasteiger partial charge is 0.489 e. The predicted molar refractivity (Wildman–Crippen MR) is 74.0 cm³/mol. The molecule has 0 amide bonds. The molecule has 0 heterocycles. The van der Waals surface area contributed by atoms with Gasteiger partial charge in [0.05, 0.1) is 5.57 Å². The molecule has 0 aromatic heterocycles. The van der Waals surface area contributed by atoms with Gasteiger partial charge in [-0.1, -0.05) is 37.5 Å². The highest BCUT2D eigenvalue weighted by atomic mass is 16.5. The quantitative estimate of drug-likeness (QED) is 0.408. The van der Waals surface area contributed by atoms with Gasteiger partial charge in [-0.15, -0.1) is 0 Å². The van der Waals surface area contributed by atoms with Gasteiger partial charge in [0.2, 0.25) is 0 Å². The fourth-order valence-electron chi connectivity index (χ4n) is 1.33. The number of rotatable bonds is 8. The zero-order valence-electron chi connectivity index (χ0n) is 11.0. The van der Waals surface area contributed by atoms with Gasteiger partial charge in [0.25, 0.3) is 0 Å². The minimum Gasteiger partial charge on any atom is -0.489 e. The van der Waals surface area contributed by atoms with E-state index in [1.807, 2.05) is 0 Å². The van der Waals surface area contributed by atoms with E-state index in [-0.39, 0.29) is 5.78 Å². The van der Waals surface area contributed by atoms with Crippen molar-refractivity contribution in [1.29, 1.82) is 0 Å². The summed E-state index contributed by atoms with van der Waals surface area (Å²) in [4.78, 5) is 11.5. The van der Waals surface area contributed by atoms with E-state index in [1.54, 1.807) is 44.2 Å². The standard InChI is InChI=1S/C15H20O3/c1-5-9-12(6-2)11-18-15(8-4)13(7-3)14(17)10-16/h5-9,16H,1-2,10-11H2,3-4H3/b12-9+,13-7-,15-8+. The van der Waals surface area contributed by atoms with Gasteiger partial charge in [0.15, 0.2) is 5.78 Å². The Morgan fingerprint density at radius 2 is 1.94 bits per heavy atom. The van der Waals surface area contributed by atoms with Crippen LogP contribution in [0.2, 0.25) is 0 Å². The van der Waals surface area contributed by atoms with Gasteiger partial charge in [-0.3, -0.25) is 4.79 Å². The number of Topliss-reactive ketones (excluding diaryl/α,β-unsaturated/α-hetero) is 1. The first-order valence-electron chi connectivity index (χ1n) is 5.68. The molecule has 0 aliphatic rings. The Morgan fingerprint density at radius 3 is 2.33 bits per heavy atom. The van der Waals surface area contributed by atoms with Gasteiger partial charge in [-0.05, 0) is 25.5 Å². The van der Waals surface area contributed by atoms with Crippen molar-refractivity contribution in [3.8, 4) is 0 Å². The smallest absolute Gasteiger partial charge is 0.191 e. The number of aliphatic hydroxyl groups excluding tert-OH is 1. The van der Waals surface area contributed by atoms with Crippen LogP contribution in [-0.4, -0.2) is 24.1 Å². The Balaban J connectivity index is 4.83. The topological polar surface area (TPSA) is 46.5 Å². The van der Waals surface area contributed by atoms with Gasteiger partial charge in [-0.2, -0.15) is 0 Å². The van der Waals surface area contributed by atoms with E-state index in [0.29, 0.717) is 17.9 Å². The van der Waals surface area contributed by atoms with Crippen molar-refractivity contribution in [3.05, 3.63) is 60.4 Å². The minimum absolute atomic E-state index is 0.297. The first kappa shape index (κ1) is 16.1. The van der Waals surface area contributed by atoms with Crippen LogP contribution in [0.3, 0.4) is 0 Å². The second-order valence-corrected chi connectivity index (χ2v) is 3.41. The maximum atomic E-state index is 11.5. The number of allylic oxidation sites excluding steroid dienone is 5. The maximum absolute atomic E-state index is 11.5. The summed E-state index contributed by atoms with van der Waals surface area (Å²) in [5, 5.41) is 8.87. The third kappa shape index (κ3) is 4.97. The van der Waals surface area contributed by atoms with Crippen LogP contribution < -0.4 is 0 Å². The molecule has 18 heavy (non-hydrogen) atoms. The molecule has 0 spiro atoms. The third-order valence-corrected chi connectivity index (χ3v) is 2.25. The average Bonchev–Trinajstić information content (AvgIpc) is 2.41. The van der Waals surface area contributed by atoms with Crippen molar-refractivity contribution < 1.29 is 14.6 Å². The van der Waals surface area contributed by atoms with E-state index in [0.717, 1.165) is 5.57 Å². The molecule has 0 aromatic rings. The molecule has 0 atom stereocenters. The predicted octanol–water partition coefficient (Wildman–Crippen LogP) is 2.71. The summed E-state index contributed by atoms with van der Waals surface area (Å²) in [6.45, 7) is 10.5. The van der Waals surface area contributed by atoms with E-state index >= 15 is 0 Å². The van der Waals surface area contributed by atoms with Gasteiger partial charge in [0.1, 0.15) is 19.0 Å². The molecule has 0 radical (unpaired) electrons. The normalized spacial score (nSPS) is 13.2. The maximum Gasteiger partial charge on any atom is 0.191 e. The Morgan fingerprint density at radius 1 is 1.28 bits per heavy atom. The summed E-state index contributed by atoms with van der Waals surface area (Å²) in [5.41, 5.74) is 1.23. The van der Waals surface area contributed by atoms with Crippen LogP contribution in [0.15, 0.2) is 60.4 Å². The van der Waals surface area contributed by atoms with Crippen LogP contribution in [0.4, 0.5) is 0 Å². The molecule has 3 heteroatoms. The minimum atomic E-state index is -0.531. The van der Waals surface area contributed by atoms with Crippen LogP contribution in [0.1, 0.15) is 13.8 Å². The van der Waals surface area contributed by atoms with Crippen LogP contribution in [-0.2, 0) is 9.53 Å². The zero-order chi connectivity index (χ0) is 14.0. The number of ether oxygens (including phenoxy) is 1. The molecule has 0 saturated carbocycles. The van der Waals surface area contributed by atoms with E-state index in [2.05, 4.69) is 13.2 Å². The van der Waals surface area contributed by atoms with E-state index in [9.17, 15) is 4.79 Å². The highest BCUT2D eigenvalue weighted by molar-refractivity contribution is 5.99. The van der Waals surface area contributed by atoms with Crippen molar-refractivity contribution in [2.24, 2.45) is 0 Å². The Hall–Kier alpha value is -1.87. The number of carbonyl (C=O) groups is 1. The van der Waals surface area contributed by atoms with Gasteiger partial charge in [-0.25, -0.2) is 0 Å². The average molecular weight is 248 g/mol. The number of aliphatic hydroxyl groups is 1. The van der Waals surface area contributed by atoms with Crippen LogP contribution in [0.25, 0.3) is 0 Å². The van der Waals surface area contributed by atoms with Gasteiger partial charge >= 0.3 is 0 Å². The molecule has 0 saturated heterocycles. The number of hydrogen-bond acceptors (Lipinski definition) is 3. The lowest BCUT2D eigenvalue weighted by Gasteiger charge is -2.12. The molecule has 0 fully saturated rings. The van der Waals surface area contributed by atoms with Crippen molar-refractivity contribution in [3.63, 3.8) is 0 Å². The molecule has 1 N–H and O–H groups in total. The summed E-state index contributed by atoms with van der Waals surface area (Å²) in [6, 6.07) is 0. The fraction of sp³-hybridized carbons (Fsp3) is 0.267. The Kier molecular flexibility index (Phi) is 8.24. The molecule has 98 valence electrons. The molecule has 0 rings (SSSR count). The Labute approximate surface area is 108 Å². The summed E-state index contributed by atoms with van der Waals surface area (Å²) in [5.74, 6) is 0.0896. The van der Waals surface area contributed by atoms with Crippen molar-refractivity contribution in [2.45, 2.75) is 13.8 Å². The van der Waals surface area contributed by atoms with E-state index in [4.69, 9.17) is 9.84 Å². The van der Waals surface area contributed by atoms with E-state index < -0.39 is 6.61 Å². The highest BCUT2D eigenvalue weighted by Gasteiger charge is 2.13. The number of ketones is 1. The molecule has 0 unspecified atom stereocenters. The molecule has 3 nitrogen and oxygen atoms in total.